The number of rotatable bonds is 4. The Kier molecular flexibility index (Phi) is 6.99. The monoisotopic (exact) mass is 402 g/mol. The Morgan fingerprint density at radius 1 is 0.926 bits per heavy atom. The Labute approximate surface area is 163 Å². The third-order valence-electron chi connectivity index (χ3n) is 6.23. The largest absolute Gasteiger partial charge is 0.450 e. The molecule has 0 atom stereocenters. The number of piperazine rings is 1. The molecule has 0 radical (unpaired) electrons. The van der Waals surface area contributed by atoms with Gasteiger partial charge in [-0.1, -0.05) is 0 Å². The molecule has 3 aliphatic heterocycles. The molecular weight excluding hydrogens is 368 g/mol. The molecule has 0 aromatic carbocycles. The predicted molar refractivity (Wildman–Crippen MR) is 104 cm³/mol. The fourth-order valence-corrected chi connectivity index (χ4v) is 6.36. The number of carbonyl (C=O) groups is 1. The second kappa shape index (κ2) is 9.07. The van der Waals surface area contributed by atoms with E-state index in [0.29, 0.717) is 51.7 Å². The van der Waals surface area contributed by atoms with Crippen molar-refractivity contribution in [3.8, 4) is 0 Å². The standard InChI is InChI=1S/C18H34N4O4S/c1-3-26-18(23)21-8-6-17(7-9-21)27(24,25)22-10-4-16(5-11-22)20-14-12-19(2)13-15-20/h16-17H,3-15H2,1-2H3. The lowest BCUT2D eigenvalue weighted by Crippen LogP contribution is -2.54. The van der Waals surface area contributed by atoms with Crippen molar-refractivity contribution < 1.29 is 17.9 Å². The van der Waals surface area contributed by atoms with Gasteiger partial charge in [-0.25, -0.2) is 17.5 Å². The van der Waals surface area contributed by atoms with Gasteiger partial charge in [-0.15, -0.1) is 0 Å². The third-order valence-corrected chi connectivity index (χ3v) is 8.63. The fraction of sp³-hybridized carbons (Fsp3) is 0.944. The minimum absolute atomic E-state index is 0.332. The Morgan fingerprint density at radius 2 is 1.52 bits per heavy atom. The van der Waals surface area contributed by atoms with Gasteiger partial charge >= 0.3 is 6.09 Å². The molecule has 3 saturated heterocycles. The normalized spacial score (nSPS) is 25.6. The molecule has 3 rings (SSSR count). The number of nitrogens with zero attached hydrogens (tertiary/aromatic N) is 4. The lowest BCUT2D eigenvalue weighted by molar-refractivity contribution is 0.0828. The van der Waals surface area contributed by atoms with Crippen LogP contribution in [0.25, 0.3) is 0 Å². The zero-order chi connectivity index (χ0) is 19.4. The van der Waals surface area contributed by atoms with Crippen molar-refractivity contribution in [1.29, 1.82) is 0 Å². The SMILES string of the molecule is CCOC(=O)N1CCC(S(=O)(=O)N2CCC(N3CCN(C)CC3)CC2)CC1. The van der Waals surface area contributed by atoms with Gasteiger partial charge in [0.25, 0.3) is 0 Å². The summed E-state index contributed by atoms with van der Waals surface area (Å²) in [5.74, 6) is 0. The average Bonchev–Trinajstić information content (AvgIpc) is 2.69. The molecule has 0 aliphatic carbocycles. The number of likely N-dealkylation sites (N-methyl/N-ethyl adjacent to an activating group) is 1. The Bertz CT molecular complexity index is 590. The maximum absolute atomic E-state index is 13.0. The Morgan fingerprint density at radius 3 is 2.07 bits per heavy atom. The predicted octanol–water partition coefficient (Wildman–Crippen LogP) is 0.649. The molecule has 3 fully saturated rings. The second-order valence-electron chi connectivity index (χ2n) is 7.90. The summed E-state index contributed by atoms with van der Waals surface area (Å²) in [7, 11) is -1.13. The molecule has 8 nitrogen and oxygen atoms in total. The molecular formula is C18H34N4O4S. The summed E-state index contributed by atoms with van der Waals surface area (Å²) in [6, 6.07) is 0.510. The molecule has 0 aromatic heterocycles. The summed E-state index contributed by atoms with van der Waals surface area (Å²) in [4.78, 5) is 18.3. The first-order valence-electron chi connectivity index (χ1n) is 10.2. The van der Waals surface area contributed by atoms with Gasteiger partial charge in [0.1, 0.15) is 0 Å². The van der Waals surface area contributed by atoms with E-state index in [1.54, 1.807) is 16.1 Å². The summed E-state index contributed by atoms with van der Waals surface area (Å²) < 4.78 is 32.8. The maximum atomic E-state index is 13.0. The van der Waals surface area contributed by atoms with E-state index in [1.165, 1.54) is 0 Å². The van der Waals surface area contributed by atoms with E-state index in [2.05, 4.69) is 16.8 Å². The first kappa shape index (κ1) is 20.8. The molecule has 1 amide bonds. The Hall–Kier alpha value is -0.900. The van der Waals surface area contributed by atoms with E-state index in [4.69, 9.17) is 4.74 Å². The van der Waals surface area contributed by atoms with Crippen LogP contribution < -0.4 is 0 Å². The molecule has 0 unspecified atom stereocenters. The van der Waals surface area contributed by atoms with Gasteiger partial charge in [0, 0.05) is 58.4 Å². The van der Waals surface area contributed by atoms with Crippen LogP contribution in [0.1, 0.15) is 32.6 Å². The zero-order valence-electron chi connectivity index (χ0n) is 16.7. The number of hydrogen-bond acceptors (Lipinski definition) is 6. The van der Waals surface area contributed by atoms with Gasteiger partial charge in [-0.3, -0.25) is 4.90 Å². The zero-order valence-corrected chi connectivity index (χ0v) is 17.5. The highest BCUT2D eigenvalue weighted by Gasteiger charge is 2.38. The van der Waals surface area contributed by atoms with Gasteiger partial charge in [0.2, 0.25) is 10.0 Å². The molecule has 0 bridgehead atoms. The van der Waals surface area contributed by atoms with Crippen molar-refractivity contribution in [2.45, 2.75) is 43.9 Å². The van der Waals surface area contributed by atoms with E-state index < -0.39 is 10.0 Å². The first-order valence-corrected chi connectivity index (χ1v) is 11.8. The van der Waals surface area contributed by atoms with Crippen LogP contribution in [-0.2, 0) is 14.8 Å². The smallest absolute Gasteiger partial charge is 0.409 e. The molecule has 9 heteroatoms. The third kappa shape index (κ3) is 4.93. The fourth-order valence-electron chi connectivity index (χ4n) is 4.41. The first-order chi connectivity index (χ1) is 12.9. The summed E-state index contributed by atoms with van der Waals surface area (Å²) in [5, 5.41) is -0.372. The lowest BCUT2D eigenvalue weighted by Gasteiger charge is -2.42. The van der Waals surface area contributed by atoms with Gasteiger partial charge < -0.3 is 14.5 Å². The van der Waals surface area contributed by atoms with Crippen LogP contribution in [0.3, 0.4) is 0 Å². The van der Waals surface area contributed by atoms with E-state index in [0.717, 1.165) is 39.0 Å². The summed E-state index contributed by atoms with van der Waals surface area (Å²) in [6.45, 7) is 8.64. The second-order valence-corrected chi connectivity index (χ2v) is 10.1. The lowest BCUT2D eigenvalue weighted by atomic mass is 10.0. The minimum atomic E-state index is -3.28. The molecule has 3 aliphatic rings. The van der Waals surface area contributed by atoms with Crippen LogP contribution >= 0.6 is 0 Å². The van der Waals surface area contributed by atoms with E-state index in [-0.39, 0.29) is 11.3 Å². The van der Waals surface area contributed by atoms with Gasteiger partial charge in [0.05, 0.1) is 11.9 Å². The van der Waals surface area contributed by atoms with Gasteiger partial charge in [-0.05, 0) is 39.7 Å². The summed E-state index contributed by atoms with van der Waals surface area (Å²) >= 11 is 0. The number of carbonyl (C=O) groups excluding carboxylic acids is 1. The van der Waals surface area contributed by atoms with Crippen LogP contribution in [-0.4, -0.2) is 111 Å². The van der Waals surface area contributed by atoms with Gasteiger partial charge in [-0.2, -0.15) is 0 Å². The van der Waals surface area contributed by atoms with Crippen molar-refractivity contribution in [2.24, 2.45) is 0 Å². The molecule has 0 saturated carbocycles. The van der Waals surface area contributed by atoms with Crippen LogP contribution in [0.5, 0.6) is 0 Å². The summed E-state index contributed by atoms with van der Waals surface area (Å²) in [6.07, 6.45) is 2.51. The summed E-state index contributed by atoms with van der Waals surface area (Å²) in [5.41, 5.74) is 0. The number of likely N-dealkylation sites (tertiary alicyclic amines) is 1. The molecule has 3 heterocycles. The van der Waals surface area contributed by atoms with Crippen molar-refractivity contribution in [2.75, 3.05) is 66.0 Å². The number of sulfonamides is 1. The quantitative estimate of drug-likeness (QED) is 0.687. The van der Waals surface area contributed by atoms with Crippen molar-refractivity contribution in [1.82, 2.24) is 19.0 Å². The number of amides is 1. The number of piperidine rings is 2. The van der Waals surface area contributed by atoms with Gasteiger partial charge in [0.15, 0.2) is 0 Å². The van der Waals surface area contributed by atoms with Crippen LogP contribution in [0.15, 0.2) is 0 Å². The van der Waals surface area contributed by atoms with Crippen LogP contribution in [0.2, 0.25) is 0 Å². The molecule has 27 heavy (non-hydrogen) atoms. The molecule has 0 aromatic rings. The van der Waals surface area contributed by atoms with E-state index >= 15 is 0 Å². The van der Waals surface area contributed by atoms with Crippen LogP contribution in [0.4, 0.5) is 4.79 Å². The van der Waals surface area contributed by atoms with Crippen LogP contribution in [0, 0.1) is 0 Å². The highest BCUT2D eigenvalue weighted by Crippen LogP contribution is 2.26. The van der Waals surface area contributed by atoms with E-state index in [9.17, 15) is 13.2 Å². The van der Waals surface area contributed by atoms with E-state index in [1.807, 2.05) is 0 Å². The number of ether oxygens (including phenoxy) is 1. The van der Waals surface area contributed by atoms with Crippen molar-refractivity contribution in [3.63, 3.8) is 0 Å². The topological polar surface area (TPSA) is 73.4 Å². The maximum Gasteiger partial charge on any atom is 0.409 e. The highest BCUT2D eigenvalue weighted by molar-refractivity contribution is 7.89. The Balaban J connectivity index is 1.48. The number of hydrogen-bond donors (Lipinski definition) is 0. The van der Waals surface area contributed by atoms with Crippen molar-refractivity contribution >= 4 is 16.1 Å². The highest BCUT2D eigenvalue weighted by atomic mass is 32.2. The minimum Gasteiger partial charge on any atom is -0.450 e. The average molecular weight is 403 g/mol. The van der Waals surface area contributed by atoms with Crippen molar-refractivity contribution in [3.05, 3.63) is 0 Å². The molecule has 0 N–H and O–H groups in total. The molecule has 156 valence electrons. The molecule has 0 spiro atoms.